The number of nitro groups is 1. The van der Waals surface area contributed by atoms with Gasteiger partial charge in [-0.1, -0.05) is 12.1 Å². The maximum atomic E-state index is 11.0. The van der Waals surface area contributed by atoms with Gasteiger partial charge in [-0.25, -0.2) is 0 Å². The first-order chi connectivity index (χ1) is 11.0. The Morgan fingerprint density at radius 3 is 2.35 bits per heavy atom. The first kappa shape index (κ1) is 16.6. The number of nitro benzene ring substituents is 1. The van der Waals surface area contributed by atoms with Gasteiger partial charge >= 0.3 is 0 Å². The molecule has 0 aliphatic heterocycles. The van der Waals surface area contributed by atoms with Gasteiger partial charge < -0.3 is 19.9 Å². The second-order valence-electron chi connectivity index (χ2n) is 4.82. The lowest BCUT2D eigenvalue weighted by Crippen LogP contribution is -2.13. The first-order valence-corrected chi connectivity index (χ1v) is 6.93. The van der Waals surface area contributed by atoms with Crippen molar-refractivity contribution in [2.24, 2.45) is 0 Å². The molecule has 0 heterocycles. The number of hydrogen-bond donors (Lipinski definition) is 2. The second kappa shape index (κ2) is 7.46. The van der Waals surface area contributed by atoms with Crippen molar-refractivity contribution in [2.75, 3.05) is 26.1 Å². The minimum Gasteiger partial charge on any atom is -0.497 e. The van der Waals surface area contributed by atoms with Gasteiger partial charge in [-0.05, 0) is 23.8 Å². The highest BCUT2D eigenvalue weighted by atomic mass is 16.6. The first-order valence-electron chi connectivity index (χ1n) is 6.93. The van der Waals surface area contributed by atoms with Gasteiger partial charge in [-0.3, -0.25) is 10.1 Å². The van der Waals surface area contributed by atoms with E-state index in [1.807, 2.05) is 0 Å². The van der Waals surface area contributed by atoms with Crippen molar-refractivity contribution in [3.63, 3.8) is 0 Å². The Kier molecular flexibility index (Phi) is 5.37. The molecule has 0 amide bonds. The molecule has 122 valence electrons. The summed E-state index contributed by atoms with van der Waals surface area (Å²) < 4.78 is 10.3. The van der Waals surface area contributed by atoms with Gasteiger partial charge in [-0.15, -0.1) is 0 Å². The zero-order valence-corrected chi connectivity index (χ0v) is 12.9. The number of nitrogens with one attached hydrogen (secondary N) is 1. The fourth-order valence-electron chi connectivity index (χ4n) is 2.13. The lowest BCUT2D eigenvalue weighted by atomic mass is 10.1. The maximum absolute atomic E-state index is 11.0. The second-order valence-corrected chi connectivity index (χ2v) is 4.82. The number of anilines is 1. The average Bonchev–Trinajstić information content (AvgIpc) is 2.59. The Bertz CT molecular complexity index is 668. The summed E-state index contributed by atoms with van der Waals surface area (Å²) in [5.74, 6) is 1.12. The van der Waals surface area contributed by atoms with Gasteiger partial charge in [0.05, 0.1) is 25.2 Å². The zero-order valence-electron chi connectivity index (χ0n) is 12.9. The molecule has 0 fully saturated rings. The van der Waals surface area contributed by atoms with Crippen molar-refractivity contribution >= 4 is 11.4 Å². The number of methoxy groups -OCH3 is 2. The number of hydrogen-bond acceptors (Lipinski definition) is 6. The SMILES string of the molecule is COc1cc(OC)cc(C(O)CNc2ccccc2[N+](=O)[O-])c1. The van der Waals surface area contributed by atoms with Crippen LogP contribution in [0.3, 0.4) is 0 Å². The summed E-state index contributed by atoms with van der Waals surface area (Å²) in [6.45, 7) is 0.112. The standard InChI is InChI=1S/C16H18N2O5/c1-22-12-7-11(8-13(9-12)23-2)16(19)10-17-14-5-3-4-6-15(14)18(20)21/h3-9,16-17,19H,10H2,1-2H3. The maximum Gasteiger partial charge on any atom is 0.292 e. The van der Waals surface area contributed by atoms with E-state index in [0.29, 0.717) is 22.7 Å². The predicted molar refractivity (Wildman–Crippen MR) is 86.1 cm³/mol. The monoisotopic (exact) mass is 318 g/mol. The molecular weight excluding hydrogens is 300 g/mol. The Morgan fingerprint density at radius 2 is 1.78 bits per heavy atom. The van der Waals surface area contributed by atoms with E-state index in [9.17, 15) is 15.2 Å². The normalized spacial score (nSPS) is 11.6. The Labute approximate surface area is 133 Å². The third kappa shape index (κ3) is 4.10. The summed E-state index contributed by atoms with van der Waals surface area (Å²) in [4.78, 5) is 10.5. The van der Waals surface area contributed by atoms with Crippen LogP contribution in [0, 0.1) is 10.1 Å². The van der Waals surface area contributed by atoms with Gasteiger partial charge in [0.2, 0.25) is 0 Å². The molecule has 2 N–H and O–H groups in total. The number of benzene rings is 2. The molecule has 7 heteroatoms. The van der Waals surface area contributed by atoms with E-state index in [-0.39, 0.29) is 12.2 Å². The molecule has 2 rings (SSSR count). The van der Waals surface area contributed by atoms with E-state index in [1.54, 1.807) is 36.4 Å². The third-order valence-corrected chi connectivity index (χ3v) is 3.35. The number of para-hydroxylation sites is 2. The molecular formula is C16H18N2O5. The molecule has 2 aromatic rings. The molecule has 1 atom stereocenters. The van der Waals surface area contributed by atoms with Crippen molar-refractivity contribution in [3.05, 3.63) is 58.1 Å². The molecule has 0 aliphatic rings. The van der Waals surface area contributed by atoms with Crippen molar-refractivity contribution in [1.82, 2.24) is 0 Å². The smallest absolute Gasteiger partial charge is 0.292 e. The molecule has 23 heavy (non-hydrogen) atoms. The number of rotatable bonds is 7. The summed E-state index contributed by atoms with van der Waals surface area (Å²) in [7, 11) is 3.05. The lowest BCUT2D eigenvalue weighted by molar-refractivity contribution is -0.384. The topological polar surface area (TPSA) is 93.9 Å². The third-order valence-electron chi connectivity index (χ3n) is 3.35. The Balaban J connectivity index is 2.14. The van der Waals surface area contributed by atoms with E-state index in [0.717, 1.165) is 0 Å². The molecule has 0 aliphatic carbocycles. The Morgan fingerprint density at radius 1 is 1.17 bits per heavy atom. The highest BCUT2D eigenvalue weighted by Crippen LogP contribution is 2.28. The molecule has 0 aromatic heterocycles. The van der Waals surface area contributed by atoms with Crippen molar-refractivity contribution in [1.29, 1.82) is 0 Å². The van der Waals surface area contributed by atoms with Crippen molar-refractivity contribution < 1.29 is 19.5 Å². The molecule has 0 spiro atoms. The van der Waals surface area contributed by atoms with Crippen LogP contribution in [-0.4, -0.2) is 30.8 Å². The van der Waals surface area contributed by atoms with Crippen molar-refractivity contribution in [2.45, 2.75) is 6.10 Å². The van der Waals surface area contributed by atoms with Crippen LogP contribution in [0.1, 0.15) is 11.7 Å². The Hall–Kier alpha value is -2.80. The lowest BCUT2D eigenvalue weighted by Gasteiger charge is -2.15. The summed E-state index contributed by atoms with van der Waals surface area (Å²) >= 11 is 0. The number of ether oxygens (including phenoxy) is 2. The van der Waals surface area contributed by atoms with Crippen LogP contribution in [0.25, 0.3) is 0 Å². The van der Waals surface area contributed by atoms with Crippen LogP contribution in [0.15, 0.2) is 42.5 Å². The van der Waals surface area contributed by atoms with E-state index < -0.39 is 11.0 Å². The molecule has 7 nitrogen and oxygen atoms in total. The molecule has 0 radical (unpaired) electrons. The largest absolute Gasteiger partial charge is 0.497 e. The fraction of sp³-hybridized carbons (Fsp3) is 0.250. The molecule has 2 aromatic carbocycles. The zero-order chi connectivity index (χ0) is 16.8. The number of aliphatic hydroxyl groups is 1. The van der Waals surface area contributed by atoms with Crippen LogP contribution < -0.4 is 14.8 Å². The van der Waals surface area contributed by atoms with E-state index >= 15 is 0 Å². The van der Waals surface area contributed by atoms with Crippen LogP contribution in [0.2, 0.25) is 0 Å². The molecule has 0 saturated carbocycles. The highest BCUT2D eigenvalue weighted by molar-refractivity contribution is 5.61. The number of nitrogens with zero attached hydrogens (tertiary/aromatic N) is 1. The quantitative estimate of drug-likeness (QED) is 0.602. The highest BCUT2D eigenvalue weighted by Gasteiger charge is 2.15. The molecule has 0 saturated heterocycles. The average molecular weight is 318 g/mol. The fourth-order valence-corrected chi connectivity index (χ4v) is 2.13. The van der Waals surface area contributed by atoms with Crippen molar-refractivity contribution in [3.8, 4) is 11.5 Å². The van der Waals surface area contributed by atoms with Crippen LogP contribution in [0.5, 0.6) is 11.5 Å². The van der Waals surface area contributed by atoms with Gasteiger partial charge in [-0.2, -0.15) is 0 Å². The van der Waals surface area contributed by atoms with Gasteiger partial charge in [0, 0.05) is 18.7 Å². The summed E-state index contributed by atoms with van der Waals surface area (Å²) in [6, 6.07) is 11.4. The minimum absolute atomic E-state index is 0.0390. The minimum atomic E-state index is -0.876. The number of aliphatic hydroxyl groups excluding tert-OH is 1. The van der Waals surface area contributed by atoms with E-state index in [4.69, 9.17) is 9.47 Å². The van der Waals surface area contributed by atoms with E-state index in [1.165, 1.54) is 20.3 Å². The van der Waals surface area contributed by atoms with Crippen LogP contribution in [-0.2, 0) is 0 Å². The summed E-state index contributed by atoms with van der Waals surface area (Å²) in [5, 5.41) is 24.2. The molecule has 1 unspecified atom stereocenters. The summed E-state index contributed by atoms with van der Waals surface area (Å²) in [5.41, 5.74) is 0.904. The summed E-state index contributed by atoms with van der Waals surface area (Å²) in [6.07, 6.45) is -0.876. The predicted octanol–water partition coefficient (Wildman–Crippen LogP) is 2.76. The van der Waals surface area contributed by atoms with E-state index in [2.05, 4.69) is 5.32 Å². The van der Waals surface area contributed by atoms with Crippen LogP contribution >= 0.6 is 0 Å². The van der Waals surface area contributed by atoms with Gasteiger partial charge in [0.15, 0.2) is 0 Å². The molecule has 0 bridgehead atoms. The van der Waals surface area contributed by atoms with Gasteiger partial charge in [0.25, 0.3) is 5.69 Å². The van der Waals surface area contributed by atoms with Gasteiger partial charge in [0.1, 0.15) is 17.2 Å². The van der Waals surface area contributed by atoms with Crippen LogP contribution in [0.4, 0.5) is 11.4 Å².